The van der Waals surface area contributed by atoms with E-state index in [0.717, 1.165) is 18.7 Å². The van der Waals surface area contributed by atoms with Crippen molar-refractivity contribution in [2.45, 2.75) is 39.2 Å². The summed E-state index contributed by atoms with van der Waals surface area (Å²) in [4.78, 5) is 17.0. The molecule has 0 fully saturated rings. The van der Waals surface area contributed by atoms with Gasteiger partial charge in [-0.15, -0.1) is 0 Å². The van der Waals surface area contributed by atoms with Gasteiger partial charge in [-0.05, 0) is 44.7 Å². The molecule has 1 heterocycles. The fourth-order valence-electron chi connectivity index (χ4n) is 2.86. The second kappa shape index (κ2) is 5.41. The van der Waals surface area contributed by atoms with Gasteiger partial charge in [-0.2, -0.15) is 0 Å². The van der Waals surface area contributed by atoms with E-state index in [4.69, 9.17) is 11.6 Å². The molecule has 0 spiro atoms. The van der Waals surface area contributed by atoms with E-state index in [-0.39, 0.29) is 5.78 Å². The van der Waals surface area contributed by atoms with E-state index in [1.807, 2.05) is 19.1 Å². The lowest BCUT2D eigenvalue weighted by Crippen LogP contribution is -2.16. The maximum Gasteiger partial charge on any atom is 0.184 e. The normalized spacial score (nSPS) is 14.1. The Morgan fingerprint density at radius 1 is 1.30 bits per heavy atom. The number of carbonyl (C=O) groups is 1. The Balaban J connectivity index is 1.90. The molecular formula is C16H17ClN2O. The largest absolute Gasteiger partial charge is 0.324 e. The van der Waals surface area contributed by atoms with Gasteiger partial charge in [-0.25, -0.2) is 4.98 Å². The lowest BCUT2D eigenvalue weighted by atomic mass is 10.0. The third kappa shape index (κ3) is 2.38. The predicted molar refractivity (Wildman–Crippen MR) is 79.4 cm³/mol. The Hall–Kier alpha value is -1.61. The summed E-state index contributed by atoms with van der Waals surface area (Å²) in [5.41, 5.74) is 2.99. The van der Waals surface area contributed by atoms with Crippen LogP contribution in [0, 0.1) is 6.92 Å². The number of aromatic nitrogens is 2. The second-order valence-electron chi connectivity index (χ2n) is 5.25. The molecule has 0 N–H and O–H groups in total. The number of ketones is 1. The average molecular weight is 289 g/mol. The summed E-state index contributed by atoms with van der Waals surface area (Å²) in [6, 6.07) is 7.22. The summed E-state index contributed by atoms with van der Waals surface area (Å²) in [7, 11) is 0. The standard InChI is InChI=1S/C16H17ClN2O/c1-11-18-14-8-4-5-9-15(14)19(11)10-16(20)12-6-2-3-7-13(12)17/h2-3,6-7H,4-5,8-10H2,1H3. The third-order valence-corrected chi connectivity index (χ3v) is 4.23. The quantitative estimate of drug-likeness (QED) is 0.809. The highest BCUT2D eigenvalue weighted by molar-refractivity contribution is 6.33. The van der Waals surface area contributed by atoms with Gasteiger partial charge >= 0.3 is 0 Å². The highest BCUT2D eigenvalue weighted by Gasteiger charge is 2.20. The first-order chi connectivity index (χ1) is 9.66. The van der Waals surface area contributed by atoms with Crippen molar-refractivity contribution < 1.29 is 4.79 Å². The molecule has 3 nitrogen and oxygen atoms in total. The van der Waals surface area contributed by atoms with E-state index < -0.39 is 0 Å². The molecule has 1 aliphatic rings. The van der Waals surface area contributed by atoms with Gasteiger partial charge in [0.25, 0.3) is 0 Å². The van der Waals surface area contributed by atoms with Gasteiger partial charge in [-0.1, -0.05) is 23.7 Å². The van der Waals surface area contributed by atoms with Gasteiger partial charge in [0, 0.05) is 11.3 Å². The van der Waals surface area contributed by atoms with Crippen LogP contribution in [0.3, 0.4) is 0 Å². The van der Waals surface area contributed by atoms with Crippen LogP contribution in [-0.4, -0.2) is 15.3 Å². The van der Waals surface area contributed by atoms with Crippen molar-refractivity contribution >= 4 is 17.4 Å². The number of fused-ring (bicyclic) bond motifs is 1. The highest BCUT2D eigenvalue weighted by Crippen LogP contribution is 2.23. The maximum absolute atomic E-state index is 12.4. The van der Waals surface area contributed by atoms with Crippen LogP contribution in [0.5, 0.6) is 0 Å². The third-order valence-electron chi connectivity index (χ3n) is 3.90. The van der Waals surface area contributed by atoms with Crippen molar-refractivity contribution in [3.8, 4) is 0 Å². The van der Waals surface area contributed by atoms with Crippen LogP contribution in [0.1, 0.15) is 40.4 Å². The first-order valence-electron chi connectivity index (χ1n) is 6.99. The van der Waals surface area contributed by atoms with Gasteiger partial charge in [0.1, 0.15) is 5.82 Å². The second-order valence-corrected chi connectivity index (χ2v) is 5.66. The van der Waals surface area contributed by atoms with E-state index in [0.29, 0.717) is 17.1 Å². The molecule has 0 unspecified atom stereocenters. The smallest absolute Gasteiger partial charge is 0.184 e. The molecule has 0 bridgehead atoms. The minimum atomic E-state index is 0.0458. The molecular weight excluding hydrogens is 272 g/mol. The van der Waals surface area contributed by atoms with Gasteiger partial charge in [0.2, 0.25) is 0 Å². The van der Waals surface area contributed by atoms with Gasteiger partial charge in [0.05, 0.1) is 17.3 Å². The van der Waals surface area contributed by atoms with Crippen LogP contribution in [-0.2, 0) is 19.4 Å². The zero-order valence-corrected chi connectivity index (χ0v) is 12.3. The summed E-state index contributed by atoms with van der Waals surface area (Å²) in [6.45, 7) is 2.30. The van der Waals surface area contributed by atoms with Crippen LogP contribution in [0.15, 0.2) is 24.3 Å². The first kappa shape index (κ1) is 13.4. The average Bonchev–Trinajstić information content (AvgIpc) is 2.76. The molecule has 0 atom stereocenters. The zero-order valence-electron chi connectivity index (χ0n) is 11.5. The number of halogens is 1. The van der Waals surface area contributed by atoms with Gasteiger partial charge in [-0.3, -0.25) is 4.79 Å². The van der Waals surface area contributed by atoms with Crippen LogP contribution >= 0.6 is 11.6 Å². The summed E-state index contributed by atoms with van der Waals surface area (Å²) >= 11 is 6.10. The molecule has 20 heavy (non-hydrogen) atoms. The van der Waals surface area contributed by atoms with E-state index >= 15 is 0 Å². The topological polar surface area (TPSA) is 34.9 Å². The van der Waals surface area contributed by atoms with Crippen molar-refractivity contribution in [3.05, 3.63) is 52.1 Å². The number of imidazole rings is 1. The van der Waals surface area contributed by atoms with Crippen molar-refractivity contribution in [1.82, 2.24) is 9.55 Å². The summed E-state index contributed by atoms with van der Waals surface area (Å²) in [5, 5.41) is 0.518. The molecule has 0 saturated heterocycles. The first-order valence-corrected chi connectivity index (χ1v) is 7.37. The van der Waals surface area contributed by atoms with E-state index in [2.05, 4.69) is 9.55 Å². The monoisotopic (exact) mass is 288 g/mol. The summed E-state index contributed by atoms with van der Waals surface area (Å²) < 4.78 is 2.06. The number of carbonyl (C=O) groups excluding carboxylic acids is 1. The molecule has 104 valence electrons. The Kier molecular flexibility index (Phi) is 3.62. The summed E-state index contributed by atoms with van der Waals surface area (Å²) in [6.07, 6.45) is 4.43. The Bertz CT molecular complexity index is 660. The Labute approximate surface area is 123 Å². The van der Waals surface area contributed by atoms with Crippen LogP contribution in [0.2, 0.25) is 5.02 Å². The molecule has 1 aliphatic carbocycles. The Morgan fingerprint density at radius 2 is 2.05 bits per heavy atom. The SMILES string of the molecule is Cc1nc2c(n1CC(=O)c1ccccc1Cl)CCCC2. The molecule has 3 rings (SSSR count). The molecule has 0 radical (unpaired) electrons. The highest BCUT2D eigenvalue weighted by atomic mass is 35.5. The van der Waals surface area contributed by atoms with Gasteiger partial charge in [0.15, 0.2) is 5.78 Å². The molecule has 0 saturated carbocycles. The van der Waals surface area contributed by atoms with Gasteiger partial charge < -0.3 is 4.57 Å². The predicted octanol–water partition coefficient (Wildman–Crippen LogP) is 3.61. The van der Waals surface area contributed by atoms with Crippen LogP contribution in [0.4, 0.5) is 0 Å². The van der Waals surface area contributed by atoms with Crippen molar-refractivity contribution in [1.29, 1.82) is 0 Å². The number of aryl methyl sites for hydroxylation is 2. The number of Topliss-reactive ketones (excluding diaryl/α,β-unsaturated/α-hetero) is 1. The fourth-order valence-corrected chi connectivity index (χ4v) is 3.10. The zero-order chi connectivity index (χ0) is 14.1. The number of hydrogen-bond donors (Lipinski definition) is 0. The maximum atomic E-state index is 12.4. The Morgan fingerprint density at radius 3 is 2.85 bits per heavy atom. The number of hydrogen-bond acceptors (Lipinski definition) is 2. The van der Waals surface area contributed by atoms with Crippen molar-refractivity contribution in [2.75, 3.05) is 0 Å². The lowest BCUT2D eigenvalue weighted by Gasteiger charge is -2.14. The van der Waals surface area contributed by atoms with E-state index in [9.17, 15) is 4.79 Å². The minimum Gasteiger partial charge on any atom is -0.324 e. The molecule has 1 aromatic carbocycles. The lowest BCUT2D eigenvalue weighted by molar-refractivity contribution is 0.0970. The fraction of sp³-hybridized carbons (Fsp3) is 0.375. The van der Waals surface area contributed by atoms with Crippen LogP contribution in [0.25, 0.3) is 0 Å². The number of rotatable bonds is 3. The van der Waals surface area contributed by atoms with Crippen molar-refractivity contribution in [3.63, 3.8) is 0 Å². The molecule has 1 aromatic heterocycles. The molecule has 2 aromatic rings. The van der Waals surface area contributed by atoms with Crippen LogP contribution < -0.4 is 0 Å². The number of benzene rings is 1. The van der Waals surface area contributed by atoms with Crippen molar-refractivity contribution in [2.24, 2.45) is 0 Å². The number of nitrogens with zero attached hydrogens (tertiary/aromatic N) is 2. The van der Waals surface area contributed by atoms with E-state index in [1.54, 1.807) is 12.1 Å². The molecule has 4 heteroatoms. The molecule has 0 amide bonds. The molecule has 0 aliphatic heterocycles. The minimum absolute atomic E-state index is 0.0458. The summed E-state index contributed by atoms with van der Waals surface area (Å²) in [5.74, 6) is 0.974. The van der Waals surface area contributed by atoms with E-state index in [1.165, 1.54) is 24.2 Å².